The monoisotopic (exact) mass is 277 g/mol. The maximum Gasteiger partial charge on any atom is 0.129 e. The molecule has 2 aromatic rings. The van der Waals surface area contributed by atoms with Gasteiger partial charge in [-0.2, -0.15) is 0 Å². The van der Waals surface area contributed by atoms with E-state index in [1.54, 1.807) is 12.1 Å². The molecule has 0 spiro atoms. The predicted molar refractivity (Wildman–Crippen MR) is 77.8 cm³/mol. The minimum Gasteiger partial charge on any atom is -0.323 e. The lowest BCUT2D eigenvalue weighted by Crippen LogP contribution is -2.20. The second-order valence-electron chi connectivity index (χ2n) is 4.62. The Morgan fingerprint density at radius 1 is 1.16 bits per heavy atom. The average Bonchev–Trinajstić information content (AvgIpc) is 2.40. The molecule has 0 amide bonds. The van der Waals surface area contributed by atoms with Gasteiger partial charge in [0.05, 0.1) is 0 Å². The van der Waals surface area contributed by atoms with Gasteiger partial charge in [-0.05, 0) is 24.1 Å². The van der Waals surface area contributed by atoms with Crippen LogP contribution < -0.4 is 5.73 Å². The molecule has 2 rings (SSSR count). The highest BCUT2D eigenvalue weighted by Crippen LogP contribution is 2.33. The van der Waals surface area contributed by atoms with E-state index in [9.17, 15) is 4.39 Å². The molecule has 0 aliphatic rings. The van der Waals surface area contributed by atoms with Gasteiger partial charge in [-0.15, -0.1) is 0 Å². The van der Waals surface area contributed by atoms with Crippen LogP contribution in [0.15, 0.2) is 48.5 Å². The molecule has 3 heteroatoms. The maximum atomic E-state index is 13.9. The fourth-order valence-electron chi connectivity index (χ4n) is 2.39. The molecule has 0 saturated carbocycles. The Balaban J connectivity index is 2.33. The van der Waals surface area contributed by atoms with E-state index in [2.05, 4.69) is 6.92 Å². The van der Waals surface area contributed by atoms with Crippen molar-refractivity contribution in [2.24, 2.45) is 5.73 Å². The molecule has 100 valence electrons. The van der Waals surface area contributed by atoms with Gasteiger partial charge in [0.1, 0.15) is 5.82 Å². The Morgan fingerprint density at radius 3 is 2.42 bits per heavy atom. The van der Waals surface area contributed by atoms with Gasteiger partial charge in [-0.1, -0.05) is 54.9 Å². The van der Waals surface area contributed by atoms with Crippen LogP contribution >= 0.6 is 11.6 Å². The minimum atomic E-state index is -0.371. The molecule has 0 aliphatic heterocycles. The Labute approximate surface area is 118 Å². The van der Waals surface area contributed by atoms with Crippen LogP contribution in [-0.4, -0.2) is 0 Å². The third-order valence-electron chi connectivity index (χ3n) is 3.42. The van der Waals surface area contributed by atoms with Gasteiger partial charge in [0.2, 0.25) is 0 Å². The molecule has 2 atom stereocenters. The maximum absolute atomic E-state index is 13.9. The van der Waals surface area contributed by atoms with Crippen molar-refractivity contribution in [1.82, 2.24) is 0 Å². The van der Waals surface area contributed by atoms with Gasteiger partial charge in [-0.25, -0.2) is 4.39 Å². The fourth-order valence-corrected chi connectivity index (χ4v) is 2.54. The zero-order valence-corrected chi connectivity index (χ0v) is 11.6. The normalized spacial score (nSPS) is 14.1. The number of benzene rings is 2. The summed E-state index contributed by atoms with van der Waals surface area (Å²) < 4.78 is 13.9. The van der Waals surface area contributed by atoms with Gasteiger partial charge in [0.15, 0.2) is 0 Å². The number of rotatable bonds is 4. The van der Waals surface area contributed by atoms with Crippen molar-refractivity contribution in [3.8, 4) is 0 Å². The van der Waals surface area contributed by atoms with Crippen LogP contribution in [0, 0.1) is 5.82 Å². The standard InChI is InChI=1S/C16H17ClFN/c1-2-13(11-6-4-3-5-7-11)16(19)14-9-8-12(17)10-15(14)18/h3-10,13,16H,2,19H2,1H3. The Hall–Kier alpha value is -1.38. The molecule has 0 aromatic heterocycles. The summed E-state index contributed by atoms with van der Waals surface area (Å²) in [6.07, 6.45) is 0.854. The van der Waals surface area contributed by atoms with Crippen molar-refractivity contribution in [3.05, 3.63) is 70.5 Å². The second kappa shape index (κ2) is 6.18. The quantitative estimate of drug-likeness (QED) is 0.863. The Bertz CT molecular complexity index is 542. The highest BCUT2D eigenvalue weighted by molar-refractivity contribution is 6.30. The highest BCUT2D eigenvalue weighted by atomic mass is 35.5. The molecule has 0 bridgehead atoms. The van der Waals surface area contributed by atoms with Gasteiger partial charge in [0.25, 0.3) is 0 Å². The lowest BCUT2D eigenvalue weighted by atomic mass is 9.85. The summed E-state index contributed by atoms with van der Waals surface area (Å²) in [7, 11) is 0. The number of halogens is 2. The molecule has 2 unspecified atom stereocenters. The molecule has 2 N–H and O–H groups in total. The third kappa shape index (κ3) is 3.14. The van der Waals surface area contributed by atoms with E-state index >= 15 is 0 Å². The van der Waals surface area contributed by atoms with E-state index in [-0.39, 0.29) is 17.8 Å². The van der Waals surface area contributed by atoms with Crippen LogP contribution in [0.25, 0.3) is 0 Å². The highest BCUT2D eigenvalue weighted by Gasteiger charge is 2.22. The molecule has 19 heavy (non-hydrogen) atoms. The van der Waals surface area contributed by atoms with Crippen molar-refractivity contribution in [2.45, 2.75) is 25.3 Å². The summed E-state index contributed by atoms with van der Waals surface area (Å²) in [5.41, 5.74) is 7.89. The molecule has 1 nitrogen and oxygen atoms in total. The summed E-state index contributed by atoms with van der Waals surface area (Å²) >= 11 is 5.77. The van der Waals surface area contributed by atoms with Crippen LogP contribution in [0.3, 0.4) is 0 Å². The first-order valence-corrected chi connectivity index (χ1v) is 6.76. The summed E-state index contributed by atoms with van der Waals surface area (Å²) in [5.74, 6) is -0.244. The van der Waals surface area contributed by atoms with Crippen LogP contribution in [0.1, 0.15) is 36.4 Å². The van der Waals surface area contributed by atoms with Crippen LogP contribution in [0.2, 0.25) is 5.02 Å². The van der Waals surface area contributed by atoms with Gasteiger partial charge in [-0.3, -0.25) is 0 Å². The van der Waals surface area contributed by atoms with Crippen LogP contribution in [-0.2, 0) is 0 Å². The van der Waals surface area contributed by atoms with Gasteiger partial charge >= 0.3 is 0 Å². The zero-order chi connectivity index (χ0) is 13.8. The SMILES string of the molecule is CCC(c1ccccc1)C(N)c1ccc(Cl)cc1F. The summed E-state index contributed by atoms with van der Waals surface area (Å²) in [4.78, 5) is 0. The van der Waals surface area contributed by atoms with E-state index in [1.807, 2.05) is 30.3 Å². The number of hydrogen-bond acceptors (Lipinski definition) is 1. The first kappa shape index (κ1) is 14.0. The van der Waals surface area contributed by atoms with Crippen molar-refractivity contribution in [3.63, 3.8) is 0 Å². The van der Waals surface area contributed by atoms with Crippen molar-refractivity contribution in [2.75, 3.05) is 0 Å². The lowest BCUT2D eigenvalue weighted by Gasteiger charge is -2.24. The van der Waals surface area contributed by atoms with E-state index in [4.69, 9.17) is 17.3 Å². The average molecular weight is 278 g/mol. The Kier molecular flexibility index (Phi) is 4.56. The Morgan fingerprint density at radius 2 is 1.84 bits per heavy atom. The second-order valence-corrected chi connectivity index (χ2v) is 5.05. The van der Waals surface area contributed by atoms with E-state index in [1.165, 1.54) is 6.07 Å². The molecule has 2 aromatic carbocycles. The molecular formula is C16H17ClFN. The van der Waals surface area contributed by atoms with Crippen molar-refractivity contribution < 1.29 is 4.39 Å². The largest absolute Gasteiger partial charge is 0.323 e. The minimum absolute atomic E-state index is 0.0943. The van der Waals surface area contributed by atoms with E-state index in [0.29, 0.717) is 10.6 Å². The van der Waals surface area contributed by atoms with E-state index in [0.717, 1.165) is 12.0 Å². The molecule has 0 aliphatic carbocycles. The molecule has 0 fully saturated rings. The van der Waals surface area contributed by atoms with Gasteiger partial charge in [0, 0.05) is 22.5 Å². The first-order valence-electron chi connectivity index (χ1n) is 6.39. The summed E-state index contributed by atoms with van der Waals surface area (Å²) in [5, 5.41) is 0.390. The third-order valence-corrected chi connectivity index (χ3v) is 3.66. The van der Waals surface area contributed by atoms with Crippen LogP contribution in [0.5, 0.6) is 0 Å². The smallest absolute Gasteiger partial charge is 0.129 e. The number of hydrogen-bond donors (Lipinski definition) is 1. The first-order chi connectivity index (χ1) is 9.13. The zero-order valence-electron chi connectivity index (χ0n) is 10.8. The number of nitrogens with two attached hydrogens (primary N) is 1. The summed E-state index contributed by atoms with van der Waals surface area (Å²) in [6.45, 7) is 2.06. The van der Waals surface area contributed by atoms with Crippen LogP contribution in [0.4, 0.5) is 4.39 Å². The lowest BCUT2D eigenvalue weighted by molar-refractivity contribution is 0.506. The topological polar surface area (TPSA) is 26.0 Å². The fraction of sp³-hybridized carbons (Fsp3) is 0.250. The van der Waals surface area contributed by atoms with Crippen molar-refractivity contribution in [1.29, 1.82) is 0 Å². The van der Waals surface area contributed by atoms with E-state index < -0.39 is 0 Å². The molecular weight excluding hydrogens is 261 g/mol. The van der Waals surface area contributed by atoms with Crippen molar-refractivity contribution >= 4 is 11.6 Å². The molecule has 0 saturated heterocycles. The summed E-state index contributed by atoms with van der Waals surface area (Å²) in [6, 6.07) is 14.3. The van der Waals surface area contributed by atoms with Gasteiger partial charge < -0.3 is 5.73 Å². The molecule has 0 radical (unpaired) electrons. The molecule has 0 heterocycles. The predicted octanol–water partition coefficient (Wildman–Crippen LogP) is 4.67.